The van der Waals surface area contributed by atoms with E-state index in [1.165, 1.54) is 0 Å². The van der Waals surface area contributed by atoms with Crippen molar-refractivity contribution in [3.8, 4) is 0 Å². The molecule has 5 nitrogen and oxygen atoms in total. The molecular weight excluding hydrogens is 284 g/mol. The second-order valence-corrected chi connectivity index (χ2v) is 6.21. The van der Waals surface area contributed by atoms with Crippen LogP contribution in [0.5, 0.6) is 0 Å². The van der Waals surface area contributed by atoms with Crippen LogP contribution in [0.2, 0.25) is 0 Å². The van der Waals surface area contributed by atoms with Gasteiger partial charge < -0.3 is 14.8 Å². The summed E-state index contributed by atoms with van der Waals surface area (Å²) in [5.74, 6) is -4.23. The number of carbonyl (C=O) groups is 2. The number of amides is 1. The van der Waals surface area contributed by atoms with Gasteiger partial charge in [-0.15, -0.1) is 0 Å². The number of halogens is 2. The van der Waals surface area contributed by atoms with Crippen LogP contribution in [0.15, 0.2) is 0 Å². The van der Waals surface area contributed by atoms with Crippen LogP contribution in [0, 0.1) is 5.92 Å². The summed E-state index contributed by atoms with van der Waals surface area (Å²) < 4.78 is 37.0. The smallest absolute Gasteiger partial charge is 0.407 e. The van der Waals surface area contributed by atoms with E-state index in [1.807, 2.05) is 0 Å². The Morgan fingerprint density at radius 2 is 1.95 bits per heavy atom. The highest BCUT2D eigenvalue weighted by atomic mass is 19.3. The molecule has 0 radical (unpaired) electrons. The summed E-state index contributed by atoms with van der Waals surface area (Å²) in [5.41, 5.74) is -0.735. The number of hydrogen-bond donors (Lipinski definition) is 1. The van der Waals surface area contributed by atoms with Gasteiger partial charge in [0.2, 0.25) is 5.92 Å². The van der Waals surface area contributed by atoms with Crippen molar-refractivity contribution in [2.75, 3.05) is 6.61 Å². The summed E-state index contributed by atoms with van der Waals surface area (Å²) in [6.45, 7) is 6.83. The van der Waals surface area contributed by atoms with E-state index in [0.29, 0.717) is 0 Å². The molecule has 0 aliphatic heterocycles. The summed E-state index contributed by atoms with van der Waals surface area (Å²) in [7, 11) is 0. The molecule has 1 rings (SSSR count). The standard InChI is InChI=1S/C14H23F2NO4/c1-5-20-11(18)9-6-7-14(15,16)8-10(9)17-12(19)21-13(2,3)4/h9-10H,5-8H2,1-4H3,(H,17,19). The lowest BCUT2D eigenvalue weighted by atomic mass is 9.82. The second-order valence-electron chi connectivity index (χ2n) is 6.21. The minimum Gasteiger partial charge on any atom is -0.466 e. The molecule has 1 saturated carbocycles. The third-order valence-electron chi connectivity index (χ3n) is 3.12. The number of carbonyl (C=O) groups excluding carboxylic acids is 2. The van der Waals surface area contributed by atoms with Gasteiger partial charge in [-0.3, -0.25) is 4.79 Å². The van der Waals surface area contributed by atoms with Gasteiger partial charge in [-0.1, -0.05) is 0 Å². The van der Waals surface area contributed by atoms with E-state index in [1.54, 1.807) is 27.7 Å². The number of rotatable bonds is 3. The SMILES string of the molecule is CCOC(=O)C1CCC(F)(F)CC1NC(=O)OC(C)(C)C. The lowest BCUT2D eigenvalue weighted by Gasteiger charge is -2.35. The Morgan fingerprint density at radius 3 is 2.48 bits per heavy atom. The van der Waals surface area contributed by atoms with Crippen LogP contribution in [0.3, 0.4) is 0 Å². The lowest BCUT2D eigenvalue weighted by Crippen LogP contribution is -2.51. The summed E-state index contributed by atoms with van der Waals surface area (Å²) >= 11 is 0. The molecule has 7 heteroatoms. The van der Waals surface area contributed by atoms with E-state index < -0.39 is 42.0 Å². The molecule has 0 bridgehead atoms. The van der Waals surface area contributed by atoms with Gasteiger partial charge in [0.1, 0.15) is 5.60 Å². The van der Waals surface area contributed by atoms with Crippen LogP contribution in [-0.2, 0) is 14.3 Å². The molecule has 0 aromatic carbocycles. The quantitative estimate of drug-likeness (QED) is 0.814. The van der Waals surface area contributed by atoms with Crippen molar-refractivity contribution >= 4 is 12.1 Å². The van der Waals surface area contributed by atoms with Crippen LogP contribution in [-0.4, -0.2) is 36.2 Å². The fraction of sp³-hybridized carbons (Fsp3) is 0.857. The summed E-state index contributed by atoms with van der Waals surface area (Å²) in [6.07, 6.45) is -1.80. The molecule has 2 unspecified atom stereocenters. The van der Waals surface area contributed by atoms with Crippen LogP contribution < -0.4 is 5.32 Å². The third-order valence-corrected chi connectivity index (χ3v) is 3.12. The minimum absolute atomic E-state index is 0.0215. The van der Waals surface area contributed by atoms with Gasteiger partial charge in [0.05, 0.1) is 18.6 Å². The molecule has 0 spiro atoms. The molecule has 0 saturated heterocycles. The largest absolute Gasteiger partial charge is 0.466 e. The van der Waals surface area contributed by atoms with Gasteiger partial charge in [-0.2, -0.15) is 0 Å². The van der Waals surface area contributed by atoms with Crippen molar-refractivity contribution < 1.29 is 27.8 Å². The predicted molar refractivity (Wildman–Crippen MR) is 72.1 cm³/mol. The van der Waals surface area contributed by atoms with Crippen LogP contribution in [0.1, 0.15) is 47.0 Å². The van der Waals surface area contributed by atoms with Crippen LogP contribution in [0.4, 0.5) is 13.6 Å². The highest BCUT2D eigenvalue weighted by Gasteiger charge is 2.45. The third kappa shape index (κ3) is 5.85. The first-order valence-corrected chi connectivity index (χ1v) is 7.08. The van der Waals surface area contributed by atoms with E-state index in [0.717, 1.165) is 0 Å². The normalized spacial score (nSPS) is 25.0. The molecule has 122 valence electrons. The van der Waals surface area contributed by atoms with Crippen molar-refractivity contribution in [1.29, 1.82) is 0 Å². The maximum atomic E-state index is 13.5. The zero-order valence-electron chi connectivity index (χ0n) is 12.9. The van der Waals surface area contributed by atoms with Gasteiger partial charge >= 0.3 is 12.1 Å². The zero-order valence-corrected chi connectivity index (χ0v) is 12.9. The van der Waals surface area contributed by atoms with Crippen molar-refractivity contribution in [3.63, 3.8) is 0 Å². The van der Waals surface area contributed by atoms with E-state index >= 15 is 0 Å². The Bertz CT molecular complexity index is 393. The van der Waals surface area contributed by atoms with Crippen molar-refractivity contribution in [2.24, 2.45) is 5.92 Å². The summed E-state index contributed by atoms with van der Waals surface area (Å²) in [5, 5.41) is 2.38. The van der Waals surface area contributed by atoms with Gasteiger partial charge in [-0.25, -0.2) is 13.6 Å². The Hall–Kier alpha value is -1.40. The van der Waals surface area contributed by atoms with Crippen molar-refractivity contribution in [2.45, 2.75) is 64.5 Å². The molecule has 1 fully saturated rings. The highest BCUT2D eigenvalue weighted by Crippen LogP contribution is 2.37. The van der Waals surface area contributed by atoms with Gasteiger partial charge in [0.15, 0.2) is 0 Å². The van der Waals surface area contributed by atoms with Gasteiger partial charge in [0, 0.05) is 12.8 Å². The number of ether oxygens (including phenoxy) is 2. The molecular formula is C14H23F2NO4. The van der Waals surface area contributed by atoms with E-state index in [4.69, 9.17) is 9.47 Å². The van der Waals surface area contributed by atoms with Crippen molar-refractivity contribution in [1.82, 2.24) is 5.32 Å². The number of nitrogens with one attached hydrogen (secondary N) is 1. The number of alkyl carbamates (subject to hydrolysis) is 1. The molecule has 21 heavy (non-hydrogen) atoms. The first-order chi connectivity index (χ1) is 9.54. The average Bonchev–Trinajstić information content (AvgIpc) is 2.25. The van der Waals surface area contributed by atoms with Crippen LogP contribution in [0.25, 0.3) is 0 Å². The first-order valence-electron chi connectivity index (χ1n) is 7.08. The molecule has 1 N–H and O–H groups in total. The molecule has 2 atom stereocenters. The van der Waals surface area contributed by atoms with E-state index in [2.05, 4.69) is 5.32 Å². The topological polar surface area (TPSA) is 64.6 Å². The second kappa shape index (κ2) is 6.58. The van der Waals surface area contributed by atoms with E-state index in [9.17, 15) is 18.4 Å². The maximum Gasteiger partial charge on any atom is 0.407 e. The number of hydrogen-bond acceptors (Lipinski definition) is 4. The Labute approximate surface area is 123 Å². The summed E-state index contributed by atoms with van der Waals surface area (Å²) in [6, 6.07) is -0.984. The fourth-order valence-corrected chi connectivity index (χ4v) is 2.28. The molecule has 1 aliphatic rings. The Morgan fingerprint density at radius 1 is 1.33 bits per heavy atom. The number of esters is 1. The van der Waals surface area contributed by atoms with E-state index in [-0.39, 0.29) is 19.4 Å². The molecule has 1 aliphatic carbocycles. The Balaban J connectivity index is 2.75. The molecule has 1 amide bonds. The lowest BCUT2D eigenvalue weighted by molar-refractivity contribution is -0.153. The molecule has 0 aromatic heterocycles. The monoisotopic (exact) mass is 307 g/mol. The van der Waals surface area contributed by atoms with Crippen molar-refractivity contribution in [3.05, 3.63) is 0 Å². The molecule has 0 aromatic rings. The first kappa shape index (κ1) is 17.7. The maximum absolute atomic E-state index is 13.5. The number of alkyl halides is 2. The summed E-state index contributed by atoms with van der Waals surface area (Å²) in [4.78, 5) is 23.6. The molecule has 0 heterocycles. The average molecular weight is 307 g/mol. The van der Waals surface area contributed by atoms with Gasteiger partial charge in [0.25, 0.3) is 0 Å². The Kier molecular flexibility index (Phi) is 5.53. The fourth-order valence-electron chi connectivity index (χ4n) is 2.28. The van der Waals surface area contributed by atoms with Gasteiger partial charge in [-0.05, 0) is 34.1 Å². The highest BCUT2D eigenvalue weighted by molar-refractivity contribution is 5.75. The zero-order chi connectivity index (χ0) is 16.3. The minimum atomic E-state index is -2.90. The predicted octanol–water partition coefficient (Wildman–Crippen LogP) is 2.88. The van der Waals surface area contributed by atoms with Crippen LogP contribution >= 0.6 is 0 Å².